The highest BCUT2D eigenvalue weighted by molar-refractivity contribution is 6.39. The molecule has 3 aliphatic rings. The minimum absolute atomic E-state index is 0.0365. The fraction of sp³-hybridized carbons (Fsp3) is 0.613. The molecule has 1 atom stereocenters. The summed E-state index contributed by atoms with van der Waals surface area (Å²) in [5.41, 5.74) is -1.56. The van der Waals surface area contributed by atoms with Gasteiger partial charge < -0.3 is 14.6 Å². The molecule has 2 aliphatic heterocycles. The molecule has 42 heavy (non-hydrogen) atoms. The summed E-state index contributed by atoms with van der Waals surface area (Å²) in [5, 5.41) is 2.85. The number of carbonyl (C=O) groups is 2. The molecule has 2 aromatic rings. The molecule has 2 saturated heterocycles. The Hall–Kier alpha value is -2.23. The highest BCUT2D eigenvalue weighted by Gasteiger charge is 2.53. The molecule has 3 fully saturated rings. The van der Waals surface area contributed by atoms with Gasteiger partial charge in [0.05, 0.1) is 27.7 Å². The highest BCUT2D eigenvalue weighted by Crippen LogP contribution is 2.42. The zero-order valence-electron chi connectivity index (χ0n) is 23.9. The molecule has 5 rings (SSSR count). The Morgan fingerprint density at radius 1 is 1.05 bits per heavy atom. The second-order valence-corrected chi connectivity index (χ2v) is 12.8. The summed E-state index contributed by atoms with van der Waals surface area (Å²) in [7, 11) is 0. The van der Waals surface area contributed by atoms with E-state index in [4.69, 9.17) is 27.6 Å². The summed E-state index contributed by atoms with van der Waals surface area (Å²) in [6, 6.07) is 4.65. The third-order valence-corrected chi connectivity index (χ3v) is 9.77. The van der Waals surface area contributed by atoms with Gasteiger partial charge in [-0.3, -0.25) is 14.5 Å². The van der Waals surface area contributed by atoms with Gasteiger partial charge in [0.15, 0.2) is 0 Å². The fourth-order valence-corrected chi connectivity index (χ4v) is 7.47. The maximum absolute atomic E-state index is 13.8. The molecule has 230 valence electrons. The van der Waals surface area contributed by atoms with Crippen LogP contribution in [0, 0.1) is 5.92 Å². The first-order valence-corrected chi connectivity index (χ1v) is 15.8. The lowest BCUT2D eigenvalue weighted by Gasteiger charge is -2.52. The number of hydrogen-bond acceptors (Lipinski definition) is 4. The third-order valence-electron chi connectivity index (χ3n) is 9.18. The van der Waals surface area contributed by atoms with Crippen molar-refractivity contribution >= 4 is 35.0 Å². The van der Waals surface area contributed by atoms with Gasteiger partial charge in [-0.1, -0.05) is 68.7 Å². The van der Waals surface area contributed by atoms with Crippen LogP contribution >= 0.6 is 23.2 Å². The number of alkyl halides is 3. The Morgan fingerprint density at radius 3 is 2.33 bits per heavy atom. The minimum Gasteiger partial charge on any atom is -0.460 e. The summed E-state index contributed by atoms with van der Waals surface area (Å²) in [6.07, 6.45) is 4.89. The van der Waals surface area contributed by atoms with Crippen molar-refractivity contribution < 1.29 is 27.2 Å². The van der Waals surface area contributed by atoms with Crippen molar-refractivity contribution in [3.8, 4) is 11.3 Å². The van der Waals surface area contributed by atoms with Gasteiger partial charge in [0.25, 0.3) is 0 Å². The summed E-state index contributed by atoms with van der Waals surface area (Å²) in [5.74, 6) is 1.40. The van der Waals surface area contributed by atoms with E-state index in [2.05, 4.69) is 17.1 Å². The molecule has 0 bridgehead atoms. The van der Waals surface area contributed by atoms with Crippen LogP contribution in [0.4, 0.5) is 13.2 Å². The Bertz CT molecular complexity index is 1260. The average Bonchev–Trinajstić information content (AvgIpc) is 3.40. The Morgan fingerprint density at radius 2 is 1.71 bits per heavy atom. The van der Waals surface area contributed by atoms with Gasteiger partial charge in [-0.05, 0) is 55.9 Å². The molecule has 0 radical (unpaired) electrons. The Balaban J connectivity index is 1.25. The smallest absolute Gasteiger partial charge is 0.416 e. The summed E-state index contributed by atoms with van der Waals surface area (Å²) < 4.78 is 45.4. The molecule has 1 saturated carbocycles. The van der Waals surface area contributed by atoms with E-state index in [0.717, 1.165) is 44.2 Å². The maximum Gasteiger partial charge on any atom is 0.416 e. The number of rotatable bonds is 8. The van der Waals surface area contributed by atoms with Crippen LogP contribution in [-0.4, -0.2) is 52.8 Å². The number of amides is 2. The number of likely N-dealkylation sites (tertiary alicyclic amines) is 1. The highest BCUT2D eigenvalue weighted by atomic mass is 35.5. The van der Waals surface area contributed by atoms with Crippen LogP contribution in [0.15, 0.2) is 28.7 Å². The zero-order chi connectivity index (χ0) is 30.1. The van der Waals surface area contributed by atoms with E-state index in [1.165, 1.54) is 19.3 Å². The van der Waals surface area contributed by atoms with E-state index in [0.29, 0.717) is 50.7 Å². The van der Waals surface area contributed by atoms with Gasteiger partial charge in [0, 0.05) is 19.6 Å². The average molecular weight is 629 g/mol. The molecule has 1 aliphatic carbocycles. The number of halogens is 5. The lowest BCUT2D eigenvalue weighted by molar-refractivity contribution is -0.162. The molecular weight excluding hydrogens is 590 g/mol. The van der Waals surface area contributed by atoms with E-state index < -0.39 is 23.3 Å². The van der Waals surface area contributed by atoms with E-state index in [1.807, 2.05) is 4.90 Å². The number of hydrogen-bond donors (Lipinski definition) is 1. The van der Waals surface area contributed by atoms with Crippen molar-refractivity contribution in [2.24, 2.45) is 5.92 Å². The van der Waals surface area contributed by atoms with Crippen LogP contribution in [0.3, 0.4) is 0 Å². The van der Waals surface area contributed by atoms with E-state index in [-0.39, 0.29) is 33.2 Å². The predicted octanol–water partition coefficient (Wildman–Crippen LogP) is 7.70. The zero-order valence-corrected chi connectivity index (χ0v) is 25.4. The number of nitrogens with one attached hydrogen (secondary N) is 1. The molecule has 1 spiro atoms. The maximum atomic E-state index is 13.8. The largest absolute Gasteiger partial charge is 0.460 e. The summed E-state index contributed by atoms with van der Waals surface area (Å²) in [4.78, 5) is 31.5. The van der Waals surface area contributed by atoms with Gasteiger partial charge >= 0.3 is 6.18 Å². The Labute approximate surface area is 254 Å². The number of nitrogens with zero attached hydrogens (tertiary/aromatic N) is 2. The normalized spacial score (nSPS) is 22.1. The van der Waals surface area contributed by atoms with Crippen molar-refractivity contribution in [1.29, 1.82) is 0 Å². The fourth-order valence-electron chi connectivity index (χ4n) is 6.80. The van der Waals surface area contributed by atoms with Crippen LogP contribution in [0.2, 0.25) is 10.0 Å². The van der Waals surface area contributed by atoms with Crippen molar-refractivity contribution in [3.05, 3.63) is 45.6 Å². The number of piperidine rings is 1. The second-order valence-electron chi connectivity index (χ2n) is 12.0. The van der Waals surface area contributed by atoms with Gasteiger partial charge in [0.1, 0.15) is 23.1 Å². The van der Waals surface area contributed by atoms with Gasteiger partial charge in [-0.25, -0.2) is 0 Å². The Kier molecular flexibility index (Phi) is 9.50. The lowest BCUT2D eigenvalue weighted by Crippen LogP contribution is -2.73. The summed E-state index contributed by atoms with van der Waals surface area (Å²) >= 11 is 12.3. The predicted molar refractivity (Wildman–Crippen MR) is 156 cm³/mol. The van der Waals surface area contributed by atoms with Gasteiger partial charge in [-0.15, -0.1) is 0 Å². The second kappa shape index (κ2) is 12.8. The van der Waals surface area contributed by atoms with Crippen LogP contribution in [0.1, 0.15) is 82.5 Å². The molecule has 1 aromatic heterocycles. The van der Waals surface area contributed by atoms with Crippen molar-refractivity contribution in [2.75, 3.05) is 19.6 Å². The molecule has 6 nitrogen and oxygen atoms in total. The standard InChI is InChI=1S/C31H38Cl2F3N3O3/c1-2-3-13-39-28(40)25(16-20-7-5-4-6-8-20)37-29(41)30(39)11-14-38(15-12-30)19-22-9-10-26(42-22)27-23(32)17-21(18-24(27)33)31(34,35)36/h9-10,17-18,20,25H,2-8,11-16,19H2,1H3,(H,37,41). The third kappa shape index (κ3) is 6.48. The van der Waals surface area contributed by atoms with Crippen molar-refractivity contribution in [2.45, 2.75) is 95.4 Å². The molecule has 1 unspecified atom stereocenters. The molecule has 1 aromatic carbocycles. The van der Waals surface area contributed by atoms with Crippen LogP contribution in [-0.2, 0) is 22.3 Å². The number of carbonyl (C=O) groups excluding carboxylic acids is 2. The molecule has 11 heteroatoms. The minimum atomic E-state index is -4.56. The van der Waals surface area contributed by atoms with Gasteiger partial charge in [-0.2, -0.15) is 13.2 Å². The number of piperazine rings is 1. The van der Waals surface area contributed by atoms with Crippen LogP contribution in [0.5, 0.6) is 0 Å². The van der Waals surface area contributed by atoms with Gasteiger partial charge in [0.2, 0.25) is 11.8 Å². The monoisotopic (exact) mass is 627 g/mol. The molecule has 3 heterocycles. The number of furan rings is 1. The van der Waals surface area contributed by atoms with E-state index >= 15 is 0 Å². The first-order valence-electron chi connectivity index (χ1n) is 15.0. The molecule has 2 amide bonds. The van der Waals surface area contributed by atoms with Crippen molar-refractivity contribution in [1.82, 2.24) is 15.1 Å². The van der Waals surface area contributed by atoms with Crippen LogP contribution < -0.4 is 5.32 Å². The SMILES string of the molecule is CCCCN1C(=O)C(CC2CCCCC2)NC(=O)C12CCN(Cc1ccc(-c3c(Cl)cc(C(F)(F)F)cc3Cl)o1)CC2. The summed E-state index contributed by atoms with van der Waals surface area (Å²) in [6.45, 7) is 4.30. The van der Waals surface area contributed by atoms with E-state index in [9.17, 15) is 22.8 Å². The first-order chi connectivity index (χ1) is 20.0. The topological polar surface area (TPSA) is 65.8 Å². The van der Waals surface area contributed by atoms with Crippen LogP contribution in [0.25, 0.3) is 11.3 Å². The van der Waals surface area contributed by atoms with Crippen molar-refractivity contribution in [3.63, 3.8) is 0 Å². The number of unbranched alkanes of at least 4 members (excludes halogenated alkanes) is 1. The first kappa shape index (κ1) is 31.2. The quantitative estimate of drug-likeness (QED) is 0.326. The van der Waals surface area contributed by atoms with E-state index in [1.54, 1.807) is 12.1 Å². The molecular formula is C31H38Cl2F3N3O3. The lowest BCUT2D eigenvalue weighted by atomic mass is 9.79. The molecule has 1 N–H and O–H groups in total. The number of benzene rings is 1.